The van der Waals surface area contributed by atoms with Gasteiger partial charge in [-0.25, -0.2) is 9.78 Å². The van der Waals surface area contributed by atoms with Gasteiger partial charge in [-0.2, -0.15) is 0 Å². The summed E-state index contributed by atoms with van der Waals surface area (Å²) in [6.45, 7) is 1.90. The minimum atomic E-state index is -0.957. The van der Waals surface area contributed by atoms with Gasteiger partial charge in [0.25, 0.3) is 0 Å². The minimum Gasteiger partial charge on any atom is -0.480 e. The minimum absolute atomic E-state index is 0. The number of ether oxygens (including phenoxy) is 1. The summed E-state index contributed by atoms with van der Waals surface area (Å²) >= 11 is 1.52. The molecule has 0 saturated carbocycles. The van der Waals surface area contributed by atoms with Gasteiger partial charge in [0.05, 0.1) is 17.3 Å². The molecule has 0 unspecified atom stereocenters. The number of carboxylic acid groups (broad SMARTS) is 1. The van der Waals surface area contributed by atoms with E-state index in [-0.39, 0.29) is 25.6 Å². The average Bonchev–Trinajstić information content (AvgIpc) is 2.35. The van der Waals surface area contributed by atoms with Gasteiger partial charge in [0, 0.05) is 5.38 Å². The molecule has 1 heterocycles. The Morgan fingerprint density at radius 3 is 2.92 bits per heavy atom. The number of aryl methyl sites for hydroxylation is 1. The third kappa shape index (κ3) is 4.82. The summed E-state index contributed by atoms with van der Waals surface area (Å²) < 4.78 is 4.84. The summed E-state index contributed by atoms with van der Waals surface area (Å²) in [5.74, 6) is -0.957. The van der Waals surface area contributed by atoms with Crippen LogP contribution in [-0.2, 0) is 16.1 Å². The Morgan fingerprint density at radius 1 is 1.77 bits per heavy atom. The third-order valence-corrected chi connectivity index (χ3v) is 1.96. The second-order valence-corrected chi connectivity index (χ2v) is 3.31. The fourth-order valence-corrected chi connectivity index (χ4v) is 1.31. The molecule has 6 heteroatoms. The normalized spacial score (nSPS) is 9.31. The van der Waals surface area contributed by atoms with Crippen molar-refractivity contribution >= 4 is 29.7 Å². The van der Waals surface area contributed by atoms with Crippen LogP contribution in [-0.4, -0.2) is 22.7 Å². The van der Waals surface area contributed by atoms with Crippen LogP contribution in [0.1, 0.15) is 10.7 Å². The Bertz CT molecular complexity index is 276. The van der Waals surface area contributed by atoms with Crippen LogP contribution < -0.4 is 0 Å². The van der Waals surface area contributed by atoms with E-state index in [0.29, 0.717) is 0 Å². The van der Waals surface area contributed by atoms with Gasteiger partial charge in [-0.3, -0.25) is 0 Å². The second kappa shape index (κ2) is 5.90. The van der Waals surface area contributed by atoms with Crippen molar-refractivity contribution in [2.24, 2.45) is 0 Å². The molecular weight excluding hydrogens is 214 g/mol. The molecule has 0 aliphatic rings. The Hall–Kier alpha value is -0.650. The maximum atomic E-state index is 10.1. The molecule has 0 fully saturated rings. The van der Waals surface area contributed by atoms with E-state index in [1.807, 2.05) is 12.3 Å². The predicted octanol–water partition coefficient (Wildman–Crippen LogP) is 1.47. The lowest BCUT2D eigenvalue weighted by atomic mass is 10.5. The van der Waals surface area contributed by atoms with Gasteiger partial charge >= 0.3 is 5.97 Å². The molecule has 4 nitrogen and oxygen atoms in total. The number of halogens is 1. The van der Waals surface area contributed by atoms with Crippen LogP contribution >= 0.6 is 23.7 Å². The van der Waals surface area contributed by atoms with Crippen LogP contribution in [0.4, 0.5) is 0 Å². The summed E-state index contributed by atoms with van der Waals surface area (Å²) in [6.07, 6.45) is 0. The summed E-state index contributed by atoms with van der Waals surface area (Å²) in [6, 6.07) is 0. The highest BCUT2D eigenvalue weighted by molar-refractivity contribution is 7.09. The van der Waals surface area contributed by atoms with Gasteiger partial charge in [0.1, 0.15) is 6.61 Å². The van der Waals surface area contributed by atoms with Crippen molar-refractivity contribution < 1.29 is 14.6 Å². The number of rotatable bonds is 4. The average molecular weight is 224 g/mol. The van der Waals surface area contributed by atoms with Crippen LogP contribution in [0, 0.1) is 6.92 Å². The first-order valence-electron chi connectivity index (χ1n) is 3.39. The molecule has 13 heavy (non-hydrogen) atoms. The van der Waals surface area contributed by atoms with Crippen molar-refractivity contribution in [2.45, 2.75) is 13.5 Å². The number of aliphatic carboxylic acids is 1. The molecule has 0 aliphatic carbocycles. The van der Waals surface area contributed by atoms with Crippen molar-refractivity contribution in [1.29, 1.82) is 0 Å². The quantitative estimate of drug-likeness (QED) is 0.840. The first-order chi connectivity index (χ1) is 5.68. The Balaban J connectivity index is 0.00000144. The van der Waals surface area contributed by atoms with Gasteiger partial charge in [-0.15, -0.1) is 23.7 Å². The van der Waals surface area contributed by atoms with Gasteiger partial charge in [-0.1, -0.05) is 0 Å². The smallest absolute Gasteiger partial charge is 0.329 e. The molecule has 0 amide bonds. The molecule has 1 aromatic rings. The van der Waals surface area contributed by atoms with Crippen molar-refractivity contribution in [2.75, 3.05) is 6.61 Å². The first kappa shape index (κ1) is 12.3. The Labute approximate surface area is 86.0 Å². The van der Waals surface area contributed by atoms with Crippen LogP contribution in [0.15, 0.2) is 5.38 Å². The van der Waals surface area contributed by atoms with E-state index < -0.39 is 5.97 Å². The van der Waals surface area contributed by atoms with Crippen LogP contribution in [0.5, 0.6) is 0 Å². The molecule has 0 aliphatic heterocycles. The topological polar surface area (TPSA) is 59.4 Å². The van der Waals surface area contributed by atoms with Gasteiger partial charge in [0.2, 0.25) is 0 Å². The number of hydrogen-bond donors (Lipinski definition) is 1. The van der Waals surface area contributed by atoms with E-state index in [0.717, 1.165) is 10.7 Å². The summed E-state index contributed by atoms with van der Waals surface area (Å²) in [7, 11) is 0. The van der Waals surface area contributed by atoms with Crippen molar-refractivity contribution in [3.8, 4) is 0 Å². The van der Waals surface area contributed by atoms with Crippen LogP contribution in [0.2, 0.25) is 0 Å². The lowest BCUT2D eigenvalue weighted by molar-refractivity contribution is -0.142. The van der Waals surface area contributed by atoms with E-state index in [9.17, 15) is 4.79 Å². The zero-order chi connectivity index (χ0) is 8.97. The summed E-state index contributed by atoms with van der Waals surface area (Å²) in [4.78, 5) is 14.2. The van der Waals surface area contributed by atoms with Crippen molar-refractivity contribution in [3.05, 3.63) is 16.1 Å². The lowest BCUT2D eigenvalue weighted by Gasteiger charge is -1.95. The van der Waals surface area contributed by atoms with E-state index >= 15 is 0 Å². The van der Waals surface area contributed by atoms with Crippen LogP contribution in [0.3, 0.4) is 0 Å². The predicted molar refractivity (Wildman–Crippen MR) is 51.4 cm³/mol. The molecule has 1 N–H and O–H groups in total. The number of nitrogens with zero attached hydrogens (tertiary/aromatic N) is 1. The highest BCUT2D eigenvalue weighted by Gasteiger charge is 2.00. The number of carbonyl (C=O) groups is 1. The molecule has 0 saturated heterocycles. The fraction of sp³-hybridized carbons (Fsp3) is 0.429. The highest BCUT2D eigenvalue weighted by atomic mass is 35.5. The number of carboxylic acids is 1. The first-order valence-corrected chi connectivity index (χ1v) is 4.27. The van der Waals surface area contributed by atoms with E-state index in [4.69, 9.17) is 9.84 Å². The standard InChI is InChI=1S/C7H9NO3S.ClH/c1-5-8-6(4-12-5)2-11-3-7(9)10;/h4H,2-3H2,1H3,(H,9,10);1H. The van der Waals surface area contributed by atoms with E-state index in [1.54, 1.807) is 0 Å². The maximum absolute atomic E-state index is 10.1. The molecule has 1 aromatic heterocycles. The van der Waals surface area contributed by atoms with E-state index in [1.165, 1.54) is 11.3 Å². The fourth-order valence-electron chi connectivity index (χ4n) is 0.717. The zero-order valence-corrected chi connectivity index (χ0v) is 8.65. The van der Waals surface area contributed by atoms with Crippen LogP contribution in [0.25, 0.3) is 0 Å². The molecule has 0 radical (unpaired) electrons. The highest BCUT2D eigenvalue weighted by Crippen LogP contribution is 2.08. The second-order valence-electron chi connectivity index (χ2n) is 2.24. The monoisotopic (exact) mass is 223 g/mol. The molecule has 0 bridgehead atoms. The molecular formula is C7H10ClNO3S. The van der Waals surface area contributed by atoms with Gasteiger partial charge in [-0.05, 0) is 6.92 Å². The molecule has 1 rings (SSSR count). The zero-order valence-electron chi connectivity index (χ0n) is 7.02. The Kier molecular flexibility index (Phi) is 5.61. The van der Waals surface area contributed by atoms with Gasteiger partial charge < -0.3 is 9.84 Å². The number of thiazole rings is 1. The SMILES string of the molecule is Cc1nc(COCC(=O)O)cs1.Cl. The third-order valence-electron chi connectivity index (χ3n) is 1.14. The molecule has 0 aromatic carbocycles. The number of aromatic nitrogens is 1. The lowest BCUT2D eigenvalue weighted by Crippen LogP contribution is -2.06. The van der Waals surface area contributed by atoms with Crippen molar-refractivity contribution in [3.63, 3.8) is 0 Å². The van der Waals surface area contributed by atoms with Gasteiger partial charge in [0.15, 0.2) is 0 Å². The van der Waals surface area contributed by atoms with E-state index in [2.05, 4.69) is 4.98 Å². The summed E-state index contributed by atoms with van der Waals surface area (Å²) in [5.41, 5.74) is 0.791. The molecule has 0 atom stereocenters. The number of hydrogen-bond acceptors (Lipinski definition) is 4. The molecule has 0 spiro atoms. The molecule has 74 valence electrons. The summed E-state index contributed by atoms with van der Waals surface area (Å²) in [5, 5.41) is 11.1. The Morgan fingerprint density at radius 2 is 2.46 bits per heavy atom. The maximum Gasteiger partial charge on any atom is 0.329 e. The largest absolute Gasteiger partial charge is 0.480 e. The van der Waals surface area contributed by atoms with Crippen molar-refractivity contribution in [1.82, 2.24) is 4.98 Å².